The highest BCUT2D eigenvalue weighted by Gasteiger charge is 2.19. The van der Waals surface area contributed by atoms with Crippen LogP contribution in [0.4, 0.5) is 0 Å². The van der Waals surface area contributed by atoms with Crippen molar-refractivity contribution in [1.82, 2.24) is 9.78 Å². The topological polar surface area (TPSA) is 38.0 Å². The lowest BCUT2D eigenvalue weighted by atomic mass is 10.0. The van der Waals surface area contributed by atoms with Gasteiger partial charge in [-0.15, -0.1) is 0 Å². The summed E-state index contributed by atoms with van der Waals surface area (Å²) in [5.41, 5.74) is 2.80. The number of aliphatic hydroxyl groups excluding tert-OH is 1. The molecule has 3 rings (SSSR count). The number of halogens is 1. The molecule has 0 amide bonds. The van der Waals surface area contributed by atoms with E-state index in [2.05, 4.69) is 9.78 Å². The maximum atomic E-state index is 10.4. The Morgan fingerprint density at radius 2 is 2.10 bits per heavy atom. The number of aromatic nitrogens is 2. The first-order chi connectivity index (χ1) is 10.1. The normalized spacial score (nSPS) is 17.3. The standard InChI is InChI=1S/C17H21ClN2O/c1-12-6-7-15(16(18)10-12)17(21)11-13-8-9-20(19-13)14-4-2-3-5-14/h6-10,14,17,21H,2-5,11H2,1H3. The summed E-state index contributed by atoms with van der Waals surface area (Å²) in [5, 5.41) is 15.6. The molecule has 0 bridgehead atoms. The molecule has 1 aliphatic rings. The van der Waals surface area contributed by atoms with E-state index in [9.17, 15) is 5.11 Å². The molecule has 0 radical (unpaired) electrons. The third-order valence-electron chi connectivity index (χ3n) is 4.28. The van der Waals surface area contributed by atoms with Gasteiger partial charge in [0, 0.05) is 17.6 Å². The fourth-order valence-electron chi connectivity index (χ4n) is 3.07. The van der Waals surface area contributed by atoms with Crippen LogP contribution in [0.3, 0.4) is 0 Å². The Bertz CT molecular complexity index is 617. The molecule has 21 heavy (non-hydrogen) atoms. The van der Waals surface area contributed by atoms with E-state index >= 15 is 0 Å². The summed E-state index contributed by atoms with van der Waals surface area (Å²) in [6.07, 6.45) is 6.95. The first-order valence-corrected chi connectivity index (χ1v) is 7.99. The number of aryl methyl sites for hydroxylation is 1. The maximum absolute atomic E-state index is 10.4. The van der Waals surface area contributed by atoms with E-state index in [1.165, 1.54) is 25.7 Å². The van der Waals surface area contributed by atoms with E-state index < -0.39 is 6.10 Å². The number of benzene rings is 1. The van der Waals surface area contributed by atoms with Gasteiger partial charge in [-0.05, 0) is 43.0 Å². The zero-order chi connectivity index (χ0) is 14.8. The quantitative estimate of drug-likeness (QED) is 0.917. The second kappa shape index (κ2) is 6.20. The molecule has 0 saturated heterocycles. The molecule has 1 N–H and O–H groups in total. The van der Waals surface area contributed by atoms with Crippen molar-refractivity contribution >= 4 is 11.6 Å². The lowest BCUT2D eigenvalue weighted by Crippen LogP contribution is -2.07. The van der Waals surface area contributed by atoms with Gasteiger partial charge in [0.15, 0.2) is 0 Å². The molecule has 0 aliphatic heterocycles. The van der Waals surface area contributed by atoms with E-state index in [0.717, 1.165) is 16.8 Å². The van der Waals surface area contributed by atoms with Crippen molar-refractivity contribution in [1.29, 1.82) is 0 Å². The summed E-state index contributed by atoms with van der Waals surface area (Å²) in [6.45, 7) is 1.99. The van der Waals surface area contributed by atoms with Crippen molar-refractivity contribution in [2.75, 3.05) is 0 Å². The van der Waals surface area contributed by atoms with E-state index in [0.29, 0.717) is 17.5 Å². The van der Waals surface area contributed by atoms with Gasteiger partial charge < -0.3 is 5.11 Å². The molecule has 1 aromatic carbocycles. The molecule has 1 fully saturated rings. The van der Waals surface area contributed by atoms with E-state index in [1.54, 1.807) is 0 Å². The van der Waals surface area contributed by atoms with Gasteiger partial charge in [-0.1, -0.05) is 36.6 Å². The van der Waals surface area contributed by atoms with E-state index in [-0.39, 0.29) is 0 Å². The van der Waals surface area contributed by atoms with Gasteiger partial charge in [0.1, 0.15) is 0 Å². The molecular weight excluding hydrogens is 284 g/mol. The Kier molecular flexibility index (Phi) is 4.32. The number of hydrogen-bond donors (Lipinski definition) is 1. The number of hydrogen-bond acceptors (Lipinski definition) is 2. The average molecular weight is 305 g/mol. The van der Waals surface area contributed by atoms with Crippen LogP contribution >= 0.6 is 11.6 Å². The SMILES string of the molecule is Cc1ccc(C(O)Cc2ccn(C3CCCC3)n2)c(Cl)c1. The monoisotopic (exact) mass is 304 g/mol. The van der Waals surface area contributed by atoms with Crippen molar-refractivity contribution in [2.24, 2.45) is 0 Å². The van der Waals surface area contributed by atoms with Crippen molar-refractivity contribution < 1.29 is 5.11 Å². The summed E-state index contributed by atoms with van der Waals surface area (Å²) in [7, 11) is 0. The summed E-state index contributed by atoms with van der Waals surface area (Å²) in [6, 6.07) is 8.30. The predicted octanol–water partition coefficient (Wildman–Crippen LogP) is 4.24. The average Bonchev–Trinajstić information content (AvgIpc) is 3.08. The van der Waals surface area contributed by atoms with Crippen LogP contribution in [-0.4, -0.2) is 14.9 Å². The molecule has 1 heterocycles. The van der Waals surface area contributed by atoms with Crippen molar-refractivity contribution in [3.63, 3.8) is 0 Å². The minimum Gasteiger partial charge on any atom is -0.388 e. The van der Waals surface area contributed by atoms with Crippen LogP contribution in [0, 0.1) is 6.92 Å². The van der Waals surface area contributed by atoms with Crippen LogP contribution in [0.1, 0.15) is 54.6 Å². The van der Waals surface area contributed by atoms with Crippen LogP contribution in [-0.2, 0) is 6.42 Å². The fraction of sp³-hybridized carbons (Fsp3) is 0.471. The summed E-state index contributed by atoms with van der Waals surface area (Å²) >= 11 is 6.21. The summed E-state index contributed by atoms with van der Waals surface area (Å²) in [4.78, 5) is 0. The molecule has 1 aromatic heterocycles. The lowest BCUT2D eigenvalue weighted by Gasteiger charge is -2.12. The minimum atomic E-state index is -0.606. The molecule has 1 saturated carbocycles. The molecule has 2 aromatic rings. The molecule has 1 atom stereocenters. The van der Waals surface area contributed by atoms with Crippen molar-refractivity contribution in [3.05, 3.63) is 52.3 Å². The Morgan fingerprint density at radius 1 is 1.33 bits per heavy atom. The molecule has 4 heteroatoms. The zero-order valence-corrected chi connectivity index (χ0v) is 13.1. The van der Waals surface area contributed by atoms with Gasteiger partial charge in [-0.25, -0.2) is 0 Å². The van der Waals surface area contributed by atoms with E-state index in [4.69, 9.17) is 11.6 Å². The summed E-state index contributed by atoms with van der Waals surface area (Å²) in [5.74, 6) is 0. The van der Waals surface area contributed by atoms with Gasteiger partial charge in [0.25, 0.3) is 0 Å². The third-order valence-corrected chi connectivity index (χ3v) is 4.61. The highest BCUT2D eigenvalue weighted by molar-refractivity contribution is 6.31. The maximum Gasteiger partial charge on any atom is 0.0860 e. The highest BCUT2D eigenvalue weighted by atomic mass is 35.5. The first kappa shape index (κ1) is 14.6. The first-order valence-electron chi connectivity index (χ1n) is 7.61. The van der Waals surface area contributed by atoms with Crippen LogP contribution in [0.2, 0.25) is 5.02 Å². The Labute approximate surface area is 130 Å². The highest BCUT2D eigenvalue weighted by Crippen LogP contribution is 2.30. The molecule has 0 spiro atoms. The Morgan fingerprint density at radius 3 is 2.81 bits per heavy atom. The van der Waals surface area contributed by atoms with Crippen LogP contribution in [0.5, 0.6) is 0 Å². The molecule has 3 nitrogen and oxygen atoms in total. The van der Waals surface area contributed by atoms with Gasteiger partial charge in [-0.2, -0.15) is 5.10 Å². The number of nitrogens with zero attached hydrogens (tertiary/aromatic N) is 2. The smallest absolute Gasteiger partial charge is 0.0860 e. The van der Waals surface area contributed by atoms with Crippen molar-refractivity contribution in [2.45, 2.75) is 51.2 Å². The fourth-order valence-corrected chi connectivity index (χ4v) is 3.43. The molecular formula is C17H21ClN2O. The third kappa shape index (κ3) is 3.30. The second-order valence-corrected chi connectivity index (χ2v) is 6.38. The predicted molar refractivity (Wildman–Crippen MR) is 84.6 cm³/mol. The van der Waals surface area contributed by atoms with Gasteiger partial charge in [-0.3, -0.25) is 4.68 Å². The van der Waals surface area contributed by atoms with Crippen LogP contribution in [0.15, 0.2) is 30.5 Å². The number of aliphatic hydroxyl groups is 1. The van der Waals surface area contributed by atoms with Gasteiger partial charge in [0.2, 0.25) is 0 Å². The van der Waals surface area contributed by atoms with E-state index in [1.807, 2.05) is 37.4 Å². The minimum absolute atomic E-state index is 0.502. The largest absolute Gasteiger partial charge is 0.388 e. The zero-order valence-electron chi connectivity index (χ0n) is 12.3. The van der Waals surface area contributed by atoms with Crippen LogP contribution < -0.4 is 0 Å². The Hall–Kier alpha value is -1.32. The second-order valence-electron chi connectivity index (χ2n) is 5.97. The van der Waals surface area contributed by atoms with Crippen molar-refractivity contribution in [3.8, 4) is 0 Å². The lowest BCUT2D eigenvalue weighted by molar-refractivity contribution is 0.177. The van der Waals surface area contributed by atoms with Gasteiger partial charge >= 0.3 is 0 Å². The molecule has 112 valence electrons. The molecule has 1 aliphatic carbocycles. The van der Waals surface area contributed by atoms with Crippen LogP contribution in [0.25, 0.3) is 0 Å². The summed E-state index contributed by atoms with van der Waals surface area (Å²) < 4.78 is 2.06. The van der Waals surface area contributed by atoms with Gasteiger partial charge in [0.05, 0.1) is 17.8 Å². The number of rotatable bonds is 4. The molecule has 1 unspecified atom stereocenters. The Balaban J connectivity index is 1.70.